The third kappa shape index (κ3) is 2.30. The molecule has 1 N–H and O–H groups in total. The fourth-order valence-electron chi connectivity index (χ4n) is 0.836. The first-order chi connectivity index (χ1) is 5.72. The summed E-state index contributed by atoms with van der Waals surface area (Å²) in [6, 6.07) is 0. The van der Waals surface area contributed by atoms with E-state index in [-0.39, 0.29) is 6.10 Å². The lowest BCUT2D eigenvalue weighted by Crippen LogP contribution is -2.23. The second-order valence-electron chi connectivity index (χ2n) is 2.38. The van der Waals surface area contributed by atoms with E-state index in [0.717, 1.165) is 0 Å². The van der Waals surface area contributed by atoms with E-state index in [1.54, 1.807) is 12.2 Å². The van der Waals surface area contributed by atoms with Gasteiger partial charge in [-0.15, -0.1) is 0 Å². The van der Waals surface area contributed by atoms with Crippen LogP contribution in [-0.4, -0.2) is 19.3 Å². The summed E-state index contributed by atoms with van der Waals surface area (Å²) < 4.78 is 9.50. The lowest BCUT2D eigenvalue weighted by molar-refractivity contribution is 0.172. The standard InChI is InChI=1S/C8H11NO3/c1-6-5-7(3-4-12-6)9-8(10)11-2/h3-6H,1-2H3,(H,9,10). The van der Waals surface area contributed by atoms with Crippen molar-refractivity contribution in [3.05, 3.63) is 24.1 Å². The quantitative estimate of drug-likeness (QED) is 0.640. The summed E-state index contributed by atoms with van der Waals surface area (Å²) in [5.74, 6) is 0. The smallest absolute Gasteiger partial charge is 0.411 e. The molecule has 1 aliphatic rings. The number of rotatable bonds is 1. The number of carbonyl (C=O) groups excluding carboxylic acids is 1. The van der Waals surface area contributed by atoms with Crippen molar-refractivity contribution in [2.45, 2.75) is 13.0 Å². The third-order valence-corrected chi connectivity index (χ3v) is 1.39. The Kier molecular flexibility index (Phi) is 2.74. The average Bonchev–Trinajstić information content (AvgIpc) is 2.04. The van der Waals surface area contributed by atoms with Gasteiger partial charge in [0.05, 0.1) is 13.4 Å². The van der Waals surface area contributed by atoms with Gasteiger partial charge in [-0.3, -0.25) is 5.32 Å². The summed E-state index contributed by atoms with van der Waals surface area (Å²) in [7, 11) is 1.32. The van der Waals surface area contributed by atoms with Gasteiger partial charge < -0.3 is 9.47 Å². The number of hydrogen-bond acceptors (Lipinski definition) is 3. The Bertz CT molecular complexity index is 232. The molecule has 1 amide bonds. The van der Waals surface area contributed by atoms with E-state index in [4.69, 9.17) is 4.74 Å². The first kappa shape index (κ1) is 8.64. The van der Waals surface area contributed by atoms with E-state index in [0.29, 0.717) is 5.70 Å². The van der Waals surface area contributed by atoms with Crippen LogP contribution < -0.4 is 5.32 Å². The molecule has 4 heteroatoms. The van der Waals surface area contributed by atoms with Gasteiger partial charge in [-0.2, -0.15) is 0 Å². The van der Waals surface area contributed by atoms with E-state index >= 15 is 0 Å². The maximum absolute atomic E-state index is 10.7. The van der Waals surface area contributed by atoms with Crippen LogP contribution in [-0.2, 0) is 9.47 Å². The fourth-order valence-corrected chi connectivity index (χ4v) is 0.836. The van der Waals surface area contributed by atoms with Crippen LogP contribution in [0.1, 0.15) is 6.92 Å². The molecule has 1 unspecified atom stereocenters. The van der Waals surface area contributed by atoms with Crippen molar-refractivity contribution in [2.75, 3.05) is 7.11 Å². The van der Waals surface area contributed by atoms with Crippen LogP contribution in [0, 0.1) is 0 Å². The second-order valence-corrected chi connectivity index (χ2v) is 2.38. The number of amides is 1. The molecule has 0 saturated heterocycles. The maximum atomic E-state index is 10.7. The highest BCUT2D eigenvalue weighted by Crippen LogP contribution is 2.06. The minimum atomic E-state index is -0.472. The molecule has 1 atom stereocenters. The zero-order valence-electron chi connectivity index (χ0n) is 7.03. The number of nitrogens with one attached hydrogen (secondary N) is 1. The Morgan fingerprint density at radius 1 is 1.75 bits per heavy atom. The van der Waals surface area contributed by atoms with Crippen LogP contribution in [0.5, 0.6) is 0 Å². The van der Waals surface area contributed by atoms with Crippen LogP contribution in [0.15, 0.2) is 24.1 Å². The van der Waals surface area contributed by atoms with Crippen LogP contribution in [0.2, 0.25) is 0 Å². The van der Waals surface area contributed by atoms with Crippen LogP contribution in [0.25, 0.3) is 0 Å². The van der Waals surface area contributed by atoms with Crippen molar-refractivity contribution < 1.29 is 14.3 Å². The number of hydrogen-bond donors (Lipinski definition) is 1. The SMILES string of the molecule is COC(=O)NC1=CC(C)OC=C1. The Morgan fingerprint density at radius 2 is 2.50 bits per heavy atom. The molecule has 4 nitrogen and oxygen atoms in total. The summed E-state index contributed by atoms with van der Waals surface area (Å²) in [5, 5.41) is 2.53. The van der Waals surface area contributed by atoms with Crippen molar-refractivity contribution in [3.8, 4) is 0 Å². The van der Waals surface area contributed by atoms with Crippen molar-refractivity contribution in [2.24, 2.45) is 0 Å². The van der Waals surface area contributed by atoms with E-state index in [2.05, 4.69) is 10.1 Å². The monoisotopic (exact) mass is 169 g/mol. The van der Waals surface area contributed by atoms with E-state index < -0.39 is 6.09 Å². The van der Waals surface area contributed by atoms with Crippen molar-refractivity contribution in [1.29, 1.82) is 0 Å². The lowest BCUT2D eigenvalue weighted by atomic mass is 10.2. The summed E-state index contributed by atoms with van der Waals surface area (Å²) in [6.45, 7) is 1.88. The predicted octanol–water partition coefficient (Wildman–Crippen LogP) is 1.16. The zero-order valence-corrected chi connectivity index (χ0v) is 7.03. The normalized spacial score (nSPS) is 20.8. The lowest BCUT2D eigenvalue weighted by Gasteiger charge is -2.13. The third-order valence-electron chi connectivity index (χ3n) is 1.39. The number of alkyl carbamates (subject to hydrolysis) is 1. The average molecular weight is 169 g/mol. The Balaban J connectivity index is 2.52. The second kappa shape index (κ2) is 3.80. The summed E-state index contributed by atoms with van der Waals surface area (Å²) in [6.07, 6.45) is 4.51. The highest BCUT2D eigenvalue weighted by molar-refractivity contribution is 5.70. The molecule has 1 aliphatic heterocycles. The Morgan fingerprint density at radius 3 is 3.08 bits per heavy atom. The summed E-state index contributed by atoms with van der Waals surface area (Å²) >= 11 is 0. The summed E-state index contributed by atoms with van der Waals surface area (Å²) in [5.41, 5.74) is 0.695. The minimum absolute atomic E-state index is 0.0119. The number of methoxy groups -OCH3 is 1. The molecule has 0 aromatic rings. The molecule has 0 fully saturated rings. The number of carbonyl (C=O) groups is 1. The Labute approximate surface area is 70.8 Å². The fraction of sp³-hybridized carbons (Fsp3) is 0.375. The Hall–Kier alpha value is -1.45. The number of allylic oxidation sites excluding steroid dienone is 1. The molecule has 12 heavy (non-hydrogen) atoms. The molecular formula is C8H11NO3. The molecule has 66 valence electrons. The molecule has 1 rings (SSSR count). The van der Waals surface area contributed by atoms with Crippen molar-refractivity contribution in [3.63, 3.8) is 0 Å². The van der Waals surface area contributed by atoms with Gasteiger partial charge in [0, 0.05) is 5.70 Å². The molecule has 0 aromatic carbocycles. The van der Waals surface area contributed by atoms with Gasteiger partial charge in [0.1, 0.15) is 6.10 Å². The van der Waals surface area contributed by atoms with Gasteiger partial charge in [0.15, 0.2) is 0 Å². The van der Waals surface area contributed by atoms with Gasteiger partial charge in [-0.25, -0.2) is 4.79 Å². The predicted molar refractivity (Wildman–Crippen MR) is 43.3 cm³/mol. The largest absolute Gasteiger partial charge is 0.494 e. The van der Waals surface area contributed by atoms with Gasteiger partial charge >= 0.3 is 6.09 Å². The van der Waals surface area contributed by atoms with Gasteiger partial charge in [0.25, 0.3) is 0 Å². The zero-order chi connectivity index (χ0) is 8.97. The molecule has 0 bridgehead atoms. The van der Waals surface area contributed by atoms with Gasteiger partial charge in [-0.1, -0.05) is 0 Å². The first-order valence-electron chi connectivity index (χ1n) is 3.61. The molecule has 0 spiro atoms. The molecule has 0 aliphatic carbocycles. The number of ether oxygens (including phenoxy) is 2. The van der Waals surface area contributed by atoms with E-state index in [1.807, 2.05) is 6.92 Å². The van der Waals surface area contributed by atoms with Crippen LogP contribution >= 0.6 is 0 Å². The summed E-state index contributed by atoms with van der Waals surface area (Å²) in [4.78, 5) is 10.7. The molecule has 0 saturated carbocycles. The van der Waals surface area contributed by atoms with E-state index in [9.17, 15) is 4.79 Å². The highest BCUT2D eigenvalue weighted by atomic mass is 16.5. The molecule has 1 heterocycles. The van der Waals surface area contributed by atoms with Crippen molar-refractivity contribution in [1.82, 2.24) is 5.32 Å². The van der Waals surface area contributed by atoms with Crippen LogP contribution in [0.3, 0.4) is 0 Å². The molecular weight excluding hydrogens is 158 g/mol. The van der Waals surface area contributed by atoms with Crippen LogP contribution in [0.4, 0.5) is 4.79 Å². The molecule has 0 aromatic heterocycles. The van der Waals surface area contributed by atoms with Gasteiger partial charge in [0.2, 0.25) is 0 Å². The molecule has 0 radical (unpaired) electrons. The van der Waals surface area contributed by atoms with Crippen molar-refractivity contribution >= 4 is 6.09 Å². The minimum Gasteiger partial charge on any atom is -0.494 e. The topological polar surface area (TPSA) is 47.6 Å². The highest BCUT2D eigenvalue weighted by Gasteiger charge is 2.06. The maximum Gasteiger partial charge on any atom is 0.411 e. The first-order valence-corrected chi connectivity index (χ1v) is 3.61. The van der Waals surface area contributed by atoms with Gasteiger partial charge in [-0.05, 0) is 19.1 Å². The van der Waals surface area contributed by atoms with E-state index in [1.165, 1.54) is 13.4 Å².